The van der Waals surface area contributed by atoms with E-state index in [4.69, 9.17) is 11.6 Å². The average molecular weight is 197 g/mol. The highest BCUT2D eigenvalue weighted by Crippen LogP contribution is 2.23. The molecular weight excluding hydrogens is 184 g/mol. The summed E-state index contributed by atoms with van der Waals surface area (Å²) >= 11 is 5.84. The number of aryl methyl sites for hydroxylation is 2. The molecule has 0 atom stereocenters. The maximum atomic E-state index is 5.84. The largest absolute Gasteiger partial charge is 0.223 e. The van der Waals surface area contributed by atoms with Crippen LogP contribution in [-0.4, -0.2) is 9.97 Å². The molecule has 0 aliphatic heterocycles. The van der Waals surface area contributed by atoms with Gasteiger partial charge in [-0.2, -0.15) is 0 Å². The molecule has 0 fully saturated rings. The Kier molecular flexibility index (Phi) is 2.49. The summed E-state index contributed by atoms with van der Waals surface area (Å²) in [4.78, 5) is 8.54. The van der Waals surface area contributed by atoms with Crippen LogP contribution >= 0.6 is 11.6 Å². The molecule has 0 radical (unpaired) electrons. The lowest BCUT2D eigenvalue weighted by molar-refractivity contribution is 0.652. The van der Waals surface area contributed by atoms with Crippen molar-refractivity contribution in [2.75, 3.05) is 0 Å². The first-order chi connectivity index (χ1) is 6.31. The van der Waals surface area contributed by atoms with Crippen molar-refractivity contribution in [3.8, 4) is 0 Å². The number of hydrogen-bond acceptors (Lipinski definition) is 2. The second-order valence-corrected chi connectivity index (χ2v) is 3.76. The lowest BCUT2D eigenvalue weighted by Gasteiger charge is -2.17. The van der Waals surface area contributed by atoms with Gasteiger partial charge in [0.25, 0.3) is 0 Å². The van der Waals surface area contributed by atoms with E-state index < -0.39 is 0 Å². The van der Waals surface area contributed by atoms with Crippen LogP contribution in [0.4, 0.5) is 0 Å². The zero-order chi connectivity index (χ0) is 9.26. The monoisotopic (exact) mass is 196 g/mol. The number of hydrogen-bond donors (Lipinski definition) is 0. The second-order valence-electron chi connectivity index (χ2n) is 3.43. The van der Waals surface area contributed by atoms with Gasteiger partial charge in [-0.15, -0.1) is 0 Å². The summed E-state index contributed by atoms with van der Waals surface area (Å²) in [5, 5.41) is 0.414. The van der Waals surface area contributed by atoms with E-state index >= 15 is 0 Å². The van der Waals surface area contributed by atoms with Crippen LogP contribution in [0.15, 0.2) is 0 Å². The second kappa shape index (κ2) is 3.62. The van der Waals surface area contributed by atoms with Crippen LogP contribution in [0.1, 0.15) is 36.7 Å². The predicted octanol–water partition coefficient (Wildman–Crippen LogP) is 2.57. The Morgan fingerprint density at radius 2 is 2.00 bits per heavy atom. The van der Waals surface area contributed by atoms with Crippen LogP contribution in [-0.2, 0) is 19.3 Å². The van der Waals surface area contributed by atoms with E-state index in [1.807, 2.05) is 0 Å². The molecular formula is C10H13ClN2. The van der Waals surface area contributed by atoms with Crippen molar-refractivity contribution in [2.24, 2.45) is 0 Å². The first-order valence-corrected chi connectivity index (χ1v) is 5.23. The maximum absolute atomic E-state index is 5.84. The zero-order valence-corrected chi connectivity index (χ0v) is 8.56. The number of nitrogens with zero attached hydrogens (tertiary/aromatic N) is 2. The minimum atomic E-state index is 0.414. The van der Waals surface area contributed by atoms with Gasteiger partial charge in [-0.25, -0.2) is 9.97 Å². The molecule has 1 aromatic heterocycles. The topological polar surface area (TPSA) is 25.8 Å². The molecule has 0 spiro atoms. The van der Waals surface area contributed by atoms with E-state index in [9.17, 15) is 0 Å². The molecule has 2 nitrogen and oxygen atoms in total. The van der Waals surface area contributed by atoms with E-state index in [1.54, 1.807) is 0 Å². The summed E-state index contributed by atoms with van der Waals surface area (Å²) in [6.45, 7) is 2.12. The summed E-state index contributed by atoms with van der Waals surface area (Å²) in [5.41, 5.74) is 3.69. The fourth-order valence-corrected chi connectivity index (χ4v) is 2.14. The van der Waals surface area contributed by atoms with Gasteiger partial charge < -0.3 is 0 Å². The van der Waals surface area contributed by atoms with Gasteiger partial charge in [-0.05, 0) is 49.3 Å². The summed E-state index contributed by atoms with van der Waals surface area (Å²) < 4.78 is 0. The molecule has 0 bridgehead atoms. The molecule has 0 aromatic carbocycles. The molecule has 70 valence electrons. The van der Waals surface area contributed by atoms with E-state index in [0.29, 0.717) is 5.28 Å². The fourth-order valence-electron chi connectivity index (χ4n) is 1.93. The molecule has 3 heteroatoms. The minimum Gasteiger partial charge on any atom is -0.223 e. The molecule has 13 heavy (non-hydrogen) atoms. The van der Waals surface area contributed by atoms with Crippen molar-refractivity contribution >= 4 is 11.6 Å². The quantitative estimate of drug-likeness (QED) is 0.646. The Morgan fingerprint density at radius 1 is 1.23 bits per heavy atom. The third-order valence-corrected chi connectivity index (χ3v) is 2.75. The SMILES string of the molecule is CCc1nc(Cl)nc2c1CCCC2. The number of fused-ring (bicyclic) bond motifs is 1. The lowest BCUT2D eigenvalue weighted by Crippen LogP contribution is -2.10. The van der Waals surface area contributed by atoms with Crippen molar-refractivity contribution < 1.29 is 0 Å². The third-order valence-electron chi connectivity index (χ3n) is 2.58. The molecule has 1 heterocycles. The van der Waals surface area contributed by atoms with Crippen LogP contribution < -0.4 is 0 Å². The van der Waals surface area contributed by atoms with Gasteiger partial charge in [0.1, 0.15) is 0 Å². The van der Waals surface area contributed by atoms with Gasteiger partial charge >= 0.3 is 0 Å². The molecule has 1 aliphatic carbocycles. The summed E-state index contributed by atoms with van der Waals surface area (Å²) in [6.07, 6.45) is 5.68. The van der Waals surface area contributed by atoms with E-state index in [2.05, 4.69) is 16.9 Å². The van der Waals surface area contributed by atoms with Gasteiger partial charge in [-0.1, -0.05) is 6.92 Å². The van der Waals surface area contributed by atoms with E-state index in [1.165, 1.54) is 24.1 Å². The molecule has 0 saturated heterocycles. The minimum absolute atomic E-state index is 0.414. The molecule has 1 aromatic rings. The predicted molar refractivity (Wildman–Crippen MR) is 53.1 cm³/mol. The number of aromatic nitrogens is 2. The van der Waals surface area contributed by atoms with Gasteiger partial charge in [-0.3, -0.25) is 0 Å². The Morgan fingerprint density at radius 3 is 2.77 bits per heavy atom. The zero-order valence-electron chi connectivity index (χ0n) is 7.81. The van der Waals surface area contributed by atoms with Crippen molar-refractivity contribution in [1.29, 1.82) is 0 Å². The fraction of sp³-hybridized carbons (Fsp3) is 0.600. The van der Waals surface area contributed by atoms with Crippen LogP contribution in [0.3, 0.4) is 0 Å². The first-order valence-electron chi connectivity index (χ1n) is 4.85. The first kappa shape index (κ1) is 8.95. The Bertz CT molecular complexity index is 306. The molecule has 0 unspecified atom stereocenters. The Balaban J connectivity index is 2.50. The number of halogens is 1. The summed E-state index contributed by atoms with van der Waals surface area (Å²) in [7, 11) is 0. The summed E-state index contributed by atoms with van der Waals surface area (Å²) in [6, 6.07) is 0. The maximum Gasteiger partial charge on any atom is 0.222 e. The average Bonchev–Trinajstić information content (AvgIpc) is 2.16. The van der Waals surface area contributed by atoms with E-state index in [-0.39, 0.29) is 0 Å². The van der Waals surface area contributed by atoms with Gasteiger partial charge in [0.05, 0.1) is 0 Å². The highest BCUT2D eigenvalue weighted by Gasteiger charge is 2.15. The molecule has 1 aliphatic rings. The van der Waals surface area contributed by atoms with Crippen molar-refractivity contribution in [2.45, 2.75) is 39.0 Å². The highest BCUT2D eigenvalue weighted by molar-refractivity contribution is 6.28. The number of rotatable bonds is 1. The molecule has 0 amide bonds. The van der Waals surface area contributed by atoms with E-state index in [0.717, 1.165) is 25.0 Å². The van der Waals surface area contributed by atoms with Gasteiger partial charge in [0, 0.05) is 11.4 Å². The third kappa shape index (κ3) is 1.68. The smallest absolute Gasteiger partial charge is 0.222 e. The van der Waals surface area contributed by atoms with Crippen LogP contribution in [0.5, 0.6) is 0 Å². The van der Waals surface area contributed by atoms with Crippen molar-refractivity contribution in [3.63, 3.8) is 0 Å². The van der Waals surface area contributed by atoms with Gasteiger partial charge in [0.2, 0.25) is 5.28 Å². The normalized spacial score (nSPS) is 15.5. The summed E-state index contributed by atoms with van der Waals surface area (Å²) in [5.74, 6) is 0. The van der Waals surface area contributed by atoms with Crippen LogP contribution in [0.2, 0.25) is 5.28 Å². The van der Waals surface area contributed by atoms with Crippen LogP contribution in [0.25, 0.3) is 0 Å². The van der Waals surface area contributed by atoms with Gasteiger partial charge in [0.15, 0.2) is 0 Å². The molecule has 0 N–H and O–H groups in total. The Labute approximate surface area is 83.4 Å². The molecule has 2 rings (SSSR count). The highest BCUT2D eigenvalue weighted by atomic mass is 35.5. The van der Waals surface area contributed by atoms with Crippen LogP contribution in [0, 0.1) is 0 Å². The van der Waals surface area contributed by atoms with Crippen molar-refractivity contribution in [1.82, 2.24) is 9.97 Å². The lowest BCUT2D eigenvalue weighted by atomic mass is 9.94. The van der Waals surface area contributed by atoms with Crippen molar-refractivity contribution in [3.05, 3.63) is 22.2 Å². The molecule has 0 saturated carbocycles. The Hall–Kier alpha value is -0.630. The standard InChI is InChI=1S/C10H13ClN2/c1-2-8-7-5-3-4-6-9(7)13-10(11)12-8/h2-6H2,1H3.